The van der Waals surface area contributed by atoms with Gasteiger partial charge in [-0.05, 0) is 42.8 Å². The summed E-state index contributed by atoms with van der Waals surface area (Å²) < 4.78 is 0.823. The Morgan fingerprint density at radius 1 is 1.07 bits per heavy atom. The van der Waals surface area contributed by atoms with Crippen molar-refractivity contribution in [2.45, 2.75) is 6.92 Å². The van der Waals surface area contributed by atoms with Gasteiger partial charge in [-0.25, -0.2) is 15.0 Å². The first-order valence-electron chi connectivity index (χ1n) is 7.95. The van der Waals surface area contributed by atoms with Crippen LogP contribution in [0.25, 0.3) is 0 Å². The number of aryl methyl sites for hydroxylation is 1. The average Bonchev–Trinajstić information content (AvgIpc) is 2.68. The summed E-state index contributed by atoms with van der Waals surface area (Å²) in [5.41, 5.74) is 5.75. The number of aromatic nitrogens is 3. The summed E-state index contributed by atoms with van der Waals surface area (Å²) in [6.07, 6.45) is 2.75. The first-order chi connectivity index (χ1) is 13.4. The van der Waals surface area contributed by atoms with Crippen molar-refractivity contribution in [3.05, 3.63) is 74.6 Å². The molecule has 3 N–H and O–H groups in total. The molecule has 0 aliphatic carbocycles. The van der Waals surface area contributed by atoms with Crippen molar-refractivity contribution >= 4 is 45.0 Å². The minimum Gasteiger partial charge on any atom is -0.319 e. The molecule has 10 nitrogen and oxygen atoms in total. The number of hydrogen-bond donors (Lipinski definition) is 3. The van der Waals surface area contributed by atoms with Gasteiger partial charge in [0.05, 0.1) is 4.92 Å². The summed E-state index contributed by atoms with van der Waals surface area (Å²) in [6.45, 7) is 1.88. The van der Waals surface area contributed by atoms with Crippen LogP contribution in [0.15, 0.2) is 53.4 Å². The van der Waals surface area contributed by atoms with E-state index >= 15 is 0 Å². The third kappa shape index (κ3) is 4.57. The summed E-state index contributed by atoms with van der Waals surface area (Å²) in [7, 11) is 0. The number of benzene rings is 1. The smallest absolute Gasteiger partial charge is 0.319 e. The van der Waals surface area contributed by atoms with Crippen molar-refractivity contribution in [3.8, 4) is 0 Å². The van der Waals surface area contributed by atoms with Crippen LogP contribution in [0.5, 0.6) is 0 Å². The van der Waals surface area contributed by atoms with E-state index in [9.17, 15) is 14.9 Å². The summed E-state index contributed by atoms with van der Waals surface area (Å²) >= 11 is 3.28. The highest BCUT2D eigenvalue weighted by molar-refractivity contribution is 9.10. The Morgan fingerprint density at radius 2 is 1.79 bits per heavy atom. The van der Waals surface area contributed by atoms with Gasteiger partial charge >= 0.3 is 5.69 Å². The highest BCUT2D eigenvalue weighted by Crippen LogP contribution is 2.30. The number of carbonyl (C=O) groups excluding carboxylic acids is 1. The monoisotopic (exact) mass is 443 g/mol. The Kier molecular flexibility index (Phi) is 5.75. The van der Waals surface area contributed by atoms with Crippen LogP contribution in [0, 0.1) is 17.0 Å². The van der Waals surface area contributed by atoms with E-state index in [1.807, 2.05) is 6.92 Å². The van der Waals surface area contributed by atoms with Gasteiger partial charge in [0.2, 0.25) is 11.6 Å². The molecule has 28 heavy (non-hydrogen) atoms. The van der Waals surface area contributed by atoms with Gasteiger partial charge in [-0.15, -0.1) is 0 Å². The zero-order valence-electron chi connectivity index (χ0n) is 14.5. The first-order valence-corrected chi connectivity index (χ1v) is 8.74. The fraction of sp³-hybridized carbons (Fsp3) is 0.0588. The Labute approximate surface area is 167 Å². The van der Waals surface area contributed by atoms with Gasteiger partial charge in [0.15, 0.2) is 0 Å². The second kappa shape index (κ2) is 8.39. The molecule has 0 aliphatic rings. The van der Waals surface area contributed by atoms with Crippen LogP contribution in [0.2, 0.25) is 0 Å². The lowest BCUT2D eigenvalue weighted by Crippen LogP contribution is -2.30. The van der Waals surface area contributed by atoms with Crippen molar-refractivity contribution in [3.63, 3.8) is 0 Å². The minimum absolute atomic E-state index is 0.0586. The van der Waals surface area contributed by atoms with E-state index in [0.29, 0.717) is 11.4 Å². The third-order valence-corrected chi connectivity index (χ3v) is 4.09. The van der Waals surface area contributed by atoms with E-state index in [1.54, 1.807) is 42.6 Å². The Hall–Kier alpha value is -3.60. The number of carbonyl (C=O) groups is 1. The van der Waals surface area contributed by atoms with Crippen molar-refractivity contribution in [2.75, 3.05) is 10.7 Å². The number of halogens is 1. The molecule has 2 heterocycles. The van der Waals surface area contributed by atoms with Crippen molar-refractivity contribution in [1.82, 2.24) is 20.4 Å². The quantitative estimate of drug-likeness (QED) is 0.389. The third-order valence-electron chi connectivity index (χ3n) is 3.56. The highest BCUT2D eigenvalue weighted by atomic mass is 79.9. The average molecular weight is 444 g/mol. The second-order valence-electron chi connectivity index (χ2n) is 5.61. The molecule has 0 fully saturated rings. The Morgan fingerprint density at radius 3 is 2.43 bits per heavy atom. The maximum atomic E-state index is 12.2. The molecule has 2 aromatic heterocycles. The number of hydrazine groups is 1. The van der Waals surface area contributed by atoms with E-state index in [-0.39, 0.29) is 11.6 Å². The molecule has 0 spiro atoms. The van der Waals surface area contributed by atoms with Gasteiger partial charge in [0, 0.05) is 16.2 Å². The van der Waals surface area contributed by atoms with Gasteiger partial charge in [-0.2, -0.15) is 0 Å². The summed E-state index contributed by atoms with van der Waals surface area (Å²) in [6, 6.07) is 10.1. The van der Waals surface area contributed by atoms with Crippen LogP contribution >= 0.6 is 15.9 Å². The molecule has 11 heteroatoms. The summed E-state index contributed by atoms with van der Waals surface area (Å²) in [4.78, 5) is 35.0. The van der Waals surface area contributed by atoms with E-state index in [1.165, 1.54) is 0 Å². The molecular weight excluding hydrogens is 430 g/mol. The number of nitrogens with one attached hydrogen (secondary N) is 3. The molecule has 0 aliphatic heterocycles. The highest BCUT2D eigenvalue weighted by Gasteiger charge is 2.24. The molecule has 3 rings (SSSR count). The summed E-state index contributed by atoms with van der Waals surface area (Å²) in [5, 5.41) is 14.3. The number of nitro groups is 1. The van der Waals surface area contributed by atoms with Crippen molar-refractivity contribution < 1.29 is 9.72 Å². The second-order valence-corrected chi connectivity index (χ2v) is 6.52. The molecule has 0 saturated carbocycles. The Balaban J connectivity index is 1.80. The zero-order valence-corrected chi connectivity index (χ0v) is 16.1. The fourth-order valence-electron chi connectivity index (χ4n) is 2.19. The van der Waals surface area contributed by atoms with Crippen molar-refractivity contribution in [1.29, 1.82) is 0 Å². The first kappa shape index (κ1) is 19.2. The van der Waals surface area contributed by atoms with Gasteiger partial charge in [-0.3, -0.25) is 25.8 Å². The molecular formula is C17H14BrN7O3. The molecule has 0 atom stereocenters. The number of rotatable bonds is 6. The van der Waals surface area contributed by atoms with Gasteiger partial charge in [0.1, 0.15) is 12.1 Å². The predicted molar refractivity (Wildman–Crippen MR) is 106 cm³/mol. The number of hydrogen-bond acceptors (Lipinski definition) is 8. The van der Waals surface area contributed by atoms with Gasteiger partial charge in [0.25, 0.3) is 5.91 Å². The SMILES string of the molecule is Cc1ccc(Nc2ncnc(NNC(=O)c3ccc(Br)cc3)c2[N+](=O)[O-])nc1. The lowest BCUT2D eigenvalue weighted by Gasteiger charge is -2.10. The van der Waals surface area contributed by atoms with Crippen LogP contribution < -0.4 is 16.2 Å². The van der Waals surface area contributed by atoms with Crippen LogP contribution in [-0.2, 0) is 0 Å². The van der Waals surface area contributed by atoms with Gasteiger partial charge in [-0.1, -0.05) is 22.0 Å². The number of amides is 1. The predicted octanol–water partition coefficient (Wildman–Crippen LogP) is 3.35. The lowest BCUT2D eigenvalue weighted by molar-refractivity contribution is -0.383. The zero-order chi connectivity index (χ0) is 20.1. The fourth-order valence-corrected chi connectivity index (χ4v) is 2.45. The van der Waals surface area contributed by atoms with Crippen LogP contribution in [0.3, 0.4) is 0 Å². The largest absolute Gasteiger partial charge is 0.355 e. The molecule has 1 aromatic carbocycles. The maximum absolute atomic E-state index is 12.2. The molecule has 3 aromatic rings. The van der Waals surface area contributed by atoms with Gasteiger partial charge < -0.3 is 5.32 Å². The molecule has 1 amide bonds. The normalized spacial score (nSPS) is 10.2. The molecule has 142 valence electrons. The van der Waals surface area contributed by atoms with E-state index < -0.39 is 16.5 Å². The van der Waals surface area contributed by atoms with Crippen LogP contribution in [0.4, 0.5) is 23.1 Å². The topological polar surface area (TPSA) is 135 Å². The Bertz CT molecular complexity index is 1010. The standard InChI is InChI=1S/C17H14BrN7O3/c1-10-2-7-13(19-8-10)22-15-14(25(27)28)16(21-9-20-15)23-24-17(26)11-3-5-12(18)6-4-11/h2-9H,1H3,(H,24,26)(H2,19,20,21,22,23). The molecule has 0 bridgehead atoms. The lowest BCUT2D eigenvalue weighted by atomic mass is 10.2. The molecule has 0 saturated heterocycles. The minimum atomic E-state index is -0.648. The summed E-state index contributed by atoms with van der Waals surface area (Å²) in [5.74, 6) is -0.316. The number of nitrogens with zero attached hydrogens (tertiary/aromatic N) is 4. The molecule has 0 unspecified atom stereocenters. The number of pyridine rings is 1. The van der Waals surface area contributed by atoms with E-state index in [0.717, 1.165) is 16.4 Å². The van der Waals surface area contributed by atoms with Crippen LogP contribution in [-0.4, -0.2) is 25.8 Å². The van der Waals surface area contributed by atoms with E-state index in [4.69, 9.17) is 0 Å². The van der Waals surface area contributed by atoms with Crippen molar-refractivity contribution in [2.24, 2.45) is 0 Å². The van der Waals surface area contributed by atoms with Crippen LogP contribution in [0.1, 0.15) is 15.9 Å². The van der Waals surface area contributed by atoms with E-state index in [2.05, 4.69) is 47.1 Å². The number of anilines is 3. The molecule has 0 radical (unpaired) electrons. The maximum Gasteiger partial charge on any atom is 0.355 e.